The van der Waals surface area contributed by atoms with Crippen molar-refractivity contribution in [3.05, 3.63) is 320 Å². The quantitative estimate of drug-likeness (QED) is 0.142. The predicted molar refractivity (Wildman–Crippen MR) is 320 cm³/mol. The lowest BCUT2D eigenvalue weighted by atomic mass is 9.62. The fraction of sp³-hybridized carbons (Fsp3) is 0.0137. The van der Waals surface area contributed by atoms with Crippen molar-refractivity contribution < 1.29 is 9.15 Å². The van der Waals surface area contributed by atoms with E-state index >= 15 is 0 Å². The van der Waals surface area contributed by atoms with E-state index in [9.17, 15) is 0 Å². The Labute approximate surface area is 449 Å². The van der Waals surface area contributed by atoms with Gasteiger partial charge in [-0.15, -0.1) is 0 Å². The van der Waals surface area contributed by atoms with Crippen LogP contribution >= 0.6 is 0 Å². The first-order valence-electron chi connectivity index (χ1n) is 26.5. The number of ether oxygens (including phenoxy) is 1. The van der Waals surface area contributed by atoms with E-state index in [1.807, 2.05) is 0 Å². The van der Waals surface area contributed by atoms with E-state index in [1.165, 1.54) is 43.0 Å². The number of anilines is 3. The molecule has 12 aromatic carbocycles. The molecule has 0 N–H and O–H groups in total. The van der Waals surface area contributed by atoms with Gasteiger partial charge in [-0.25, -0.2) is 0 Å². The zero-order chi connectivity index (χ0) is 50.9. The number of furan rings is 1. The summed E-state index contributed by atoms with van der Waals surface area (Å²) in [6.45, 7) is 0. The highest BCUT2D eigenvalue weighted by Crippen LogP contribution is 2.60. The number of benzene rings is 12. The van der Waals surface area contributed by atoms with Gasteiger partial charge in [-0.2, -0.15) is 0 Å². The average molecular weight is 1000 g/mol. The van der Waals surface area contributed by atoms with Crippen molar-refractivity contribution in [2.75, 3.05) is 4.90 Å². The van der Waals surface area contributed by atoms with E-state index in [0.29, 0.717) is 0 Å². The zero-order valence-corrected chi connectivity index (χ0v) is 43.1. The molecule has 3 nitrogen and oxygen atoms in total. The van der Waals surface area contributed by atoms with Crippen molar-refractivity contribution in [3.63, 3.8) is 0 Å². The molecule has 3 heterocycles. The molecule has 0 saturated carbocycles. The minimum Gasteiger partial charge on any atom is -0.457 e. The van der Waals surface area contributed by atoms with Crippen molar-refractivity contribution in [2.24, 2.45) is 0 Å². The fourth-order valence-electron chi connectivity index (χ4n) is 13.0. The monoisotopic (exact) mass is 999 g/mol. The first-order valence-corrected chi connectivity index (χ1v) is 28.5. The van der Waals surface area contributed by atoms with Crippen LogP contribution in [0.25, 0.3) is 55.3 Å². The normalized spacial score (nSPS) is 13.7. The van der Waals surface area contributed by atoms with Crippen LogP contribution in [0.4, 0.5) is 17.1 Å². The van der Waals surface area contributed by atoms with Crippen LogP contribution in [0.5, 0.6) is 11.5 Å². The van der Waals surface area contributed by atoms with Crippen LogP contribution in [0.2, 0.25) is 0 Å². The zero-order valence-electron chi connectivity index (χ0n) is 42.1. The van der Waals surface area contributed by atoms with Crippen LogP contribution in [0.3, 0.4) is 0 Å². The molecule has 2 aliphatic rings. The number of nitrogens with zero attached hydrogens (tertiary/aromatic N) is 1. The first kappa shape index (κ1) is 44.7. The number of hydrogen-bond acceptors (Lipinski definition) is 3. The SMILES string of the molecule is c1ccc(-c2ccc3c(c2)C(c2ccccc2)(c2ccccc2)c2cc(-c4ccccc4)ccc2N3c2cc(-c3cccc4c3Oc3ccccc3[Si]4(c3ccccc3)c3ccccc3)c3oc4ccccc4c3c2)cc1. The molecule has 0 amide bonds. The lowest BCUT2D eigenvalue weighted by Crippen LogP contribution is -2.76. The van der Waals surface area contributed by atoms with Crippen LogP contribution < -0.4 is 30.4 Å². The fourth-order valence-corrected chi connectivity index (χ4v) is 18.0. The Bertz CT molecular complexity index is 4180. The molecular formula is C73H49NO2Si. The van der Waals surface area contributed by atoms with Gasteiger partial charge in [0.15, 0.2) is 8.07 Å². The van der Waals surface area contributed by atoms with Gasteiger partial charge >= 0.3 is 0 Å². The second-order valence-corrected chi connectivity index (χ2v) is 24.0. The van der Waals surface area contributed by atoms with Crippen molar-refractivity contribution in [2.45, 2.75) is 5.41 Å². The maximum absolute atomic E-state index is 7.40. The molecule has 0 unspecified atom stereocenters. The lowest BCUT2D eigenvalue weighted by Gasteiger charge is -2.47. The molecule has 4 heteroatoms. The summed E-state index contributed by atoms with van der Waals surface area (Å²) in [5, 5.41) is 7.12. The Morgan fingerprint density at radius 3 is 1.43 bits per heavy atom. The van der Waals surface area contributed by atoms with Crippen LogP contribution in [-0.4, -0.2) is 8.07 Å². The standard InChI is InChI=1S/C73H49NO2Si/c1-7-24-50(25-8-1)52-42-44-65-63(46-52)73(54-28-11-3-12-29-54,55-30-13-4-14-31-55)64-47-53(51-26-9-2-10-27-51)43-45-66(64)74(65)56-48-61-59-36-19-20-38-67(59)75-71(61)62(49-56)60-37-23-41-70-72(60)76-68-39-21-22-40-69(68)77(70,57-32-15-5-16-33-57)58-34-17-6-18-35-58/h1-49H. The predicted octanol–water partition coefficient (Wildman–Crippen LogP) is 16.2. The maximum Gasteiger partial charge on any atom is 0.188 e. The Morgan fingerprint density at radius 2 is 0.844 bits per heavy atom. The summed E-state index contributed by atoms with van der Waals surface area (Å²) >= 11 is 0. The van der Waals surface area contributed by atoms with Crippen molar-refractivity contribution in [3.8, 4) is 44.9 Å². The molecule has 0 atom stereocenters. The third-order valence-electron chi connectivity index (χ3n) is 16.3. The number of fused-ring (bicyclic) bond motifs is 7. The summed E-state index contributed by atoms with van der Waals surface area (Å²) in [6.07, 6.45) is 0. The van der Waals surface area contributed by atoms with E-state index in [2.05, 4.69) is 302 Å². The molecule has 1 aromatic heterocycles. The summed E-state index contributed by atoms with van der Waals surface area (Å²) in [5.41, 5.74) is 15.4. The largest absolute Gasteiger partial charge is 0.457 e. The molecule has 0 fully saturated rings. The molecular weight excluding hydrogens is 951 g/mol. The number of hydrogen-bond donors (Lipinski definition) is 0. The van der Waals surface area contributed by atoms with Crippen molar-refractivity contribution in [1.29, 1.82) is 0 Å². The summed E-state index contributed by atoms with van der Waals surface area (Å²) in [6, 6.07) is 109. The molecule has 0 aliphatic carbocycles. The summed E-state index contributed by atoms with van der Waals surface area (Å²) in [5.74, 6) is 1.74. The van der Waals surface area contributed by atoms with Crippen molar-refractivity contribution >= 4 is 67.8 Å². The van der Waals surface area contributed by atoms with Gasteiger partial charge in [-0.05, 0) is 114 Å². The third kappa shape index (κ3) is 6.82. The van der Waals surface area contributed by atoms with E-state index in [4.69, 9.17) is 9.15 Å². The third-order valence-corrected chi connectivity index (χ3v) is 21.1. The summed E-state index contributed by atoms with van der Waals surface area (Å²) in [4.78, 5) is 2.52. The minimum atomic E-state index is -2.99. The smallest absolute Gasteiger partial charge is 0.188 e. The van der Waals surface area contributed by atoms with Gasteiger partial charge in [0.1, 0.15) is 22.7 Å². The average Bonchev–Trinajstić information content (AvgIpc) is 4.00. The van der Waals surface area contributed by atoms with Gasteiger partial charge < -0.3 is 14.1 Å². The van der Waals surface area contributed by atoms with E-state index in [-0.39, 0.29) is 0 Å². The molecule has 15 rings (SSSR count). The summed E-state index contributed by atoms with van der Waals surface area (Å²) in [7, 11) is -2.99. The van der Waals surface area contributed by atoms with Crippen LogP contribution in [0.1, 0.15) is 22.3 Å². The van der Waals surface area contributed by atoms with Gasteiger partial charge in [0.25, 0.3) is 0 Å². The second-order valence-electron chi connectivity index (χ2n) is 20.2. The number of para-hydroxylation sites is 3. The topological polar surface area (TPSA) is 25.6 Å². The van der Waals surface area contributed by atoms with E-state index in [1.54, 1.807) is 0 Å². The highest BCUT2D eigenvalue weighted by Gasteiger charge is 2.50. The van der Waals surface area contributed by atoms with Crippen molar-refractivity contribution in [1.82, 2.24) is 0 Å². The molecule has 77 heavy (non-hydrogen) atoms. The van der Waals surface area contributed by atoms with Gasteiger partial charge in [0.05, 0.1) is 16.8 Å². The molecule has 0 spiro atoms. The summed E-state index contributed by atoms with van der Waals surface area (Å²) < 4.78 is 14.5. The van der Waals surface area contributed by atoms with Crippen LogP contribution in [0, 0.1) is 0 Å². The van der Waals surface area contributed by atoms with Gasteiger partial charge in [0.2, 0.25) is 0 Å². The lowest BCUT2D eigenvalue weighted by molar-refractivity contribution is 0.489. The van der Waals surface area contributed by atoms with Crippen LogP contribution in [-0.2, 0) is 5.41 Å². The molecule has 0 bridgehead atoms. The van der Waals surface area contributed by atoms with Crippen LogP contribution in [0.15, 0.2) is 302 Å². The molecule has 0 radical (unpaired) electrons. The Morgan fingerprint density at radius 1 is 0.351 bits per heavy atom. The van der Waals surface area contributed by atoms with Gasteiger partial charge in [-0.1, -0.05) is 249 Å². The number of rotatable bonds is 8. The molecule has 13 aromatic rings. The Hall–Kier alpha value is -9.74. The van der Waals surface area contributed by atoms with Gasteiger partial charge in [0, 0.05) is 27.6 Å². The van der Waals surface area contributed by atoms with Gasteiger partial charge in [-0.3, -0.25) is 0 Å². The maximum atomic E-state index is 7.40. The highest BCUT2D eigenvalue weighted by atomic mass is 28.3. The molecule has 2 aliphatic heterocycles. The van der Waals surface area contributed by atoms with E-state index in [0.717, 1.165) is 83.9 Å². The second kappa shape index (κ2) is 18.0. The Balaban J connectivity index is 1.06. The highest BCUT2D eigenvalue weighted by molar-refractivity contribution is 7.20. The Kier molecular flexibility index (Phi) is 10.4. The van der Waals surface area contributed by atoms with E-state index < -0.39 is 13.5 Å². The minimum absolute atomic E-state index is 0.739. The first-order chi connectivity index (χ1) is 38.2. The molecule has 0 saturated heterocycles. The molecule has 362 valence electrons.